The molecule has 0 spiro atoms. The molecule has 1 aromatic carbocycles. The van der Waals surface area contributed by atoms with Crippen LogP contribution in [0.1, 0.15) is 30.7 Å². The highest BCUT2D eigenvalue weighted by atomic mass is 19.2. The Kier molecular flexibility index (Phi) is 5.16. The normalized spacial score (nSPS) is 22.9. The van der Waals surface area contributed by atoms with E-state index in [1.165, 1.54) is 6.07 Å². The lowest BCUT2D eigenvalue weighted by molar-refractivity contribution is -0.00576. The second-order valence-electron chi connectivity index (χ2n) is 7.69. The first-order valence-electron chi connectivity index (χ1n) is 9.58. The number of morpholine rings is 1. The molecule has 0 saturated carbocycles. The second kappa shape index (κ2) is 7.60. The van der Waals surface area contributed by atoms with Gasteiger partial charge in [0.25, 0.3) is 5.56 Å². The molecule has 2 aromatic rings. The van der Waals surface area contributed by atoms with E-state index in [4.69, 9.17) is 9.72 Å². The van der Waals surface area contributed by atoms with Crippen LogP contribution < -0.4 is 10.5 Å². The number of benzene rings is 1. The quantitative estimate of drug-likeness (QED) is 0.871. The number of aromatic nitrogens is 2. The molecule has 150 valence electrons. The topological polar surface area (TPSA) is 61.5 Å². The molecule has 0 bridgehead atoms. The molecule has 2 atom stereocenters. The highest BCUT2D eigenvalue weighted by molar-refractivity contribution is 5.35. The van der Waals surface area contributed by atoms with E-state index in [9.17, 15) is 13.6 Å². The Balaban J connectivity index is 1.54. The highest BCUT2D eigenvalue weighted by Gasteiger charge is 2.27. The Morgan fingerprint density at radius 2 is 1.96 bits per heavy atom. The summed E-state index contributed by atoms with van der Waals surface area (Å²) in [5, 5.41) is 0. The lowest BCUT2D eigenvalue weighted by atomic mass is 10.1. The van der Waals surface area contributed by atoms with Gasteiger partial charge in [0.1, 0.15) is 0 Å². The van der Waals surface area contributed by atoms with Crippen molar-refractivity contribution in [3.05, 3.63) is 57.0 Å². The summed E-state index contributed by atoms with van der Waals surface area (Å²) in [5.41, 5.74) is 2.06. The van der Waals surface area contributed by atoms with Gasteiger partial charge in [0.15, 0.2) is 11.6 Å². The maximum Gasteiger partial charge on any atom is 0.255 e. The number of fused-ring (bicyclic) bond motifs is 1. The summed E-state index contributed by atoms with van der Waals surface area (Å²) in [6, 6.07) is 3.95. The van der Waals surface area contributed by atoms with Gasteiger partial charge in [-0.15, -0.1) is 0 Å². The van der Waals surface area contributed by atoms with Crippen LogP contribution in [0.5, 0.6) is 0 Å². The van der Waals surface area contributed by atoms with E-state index in [2.05, 4.69) is 14.8 Å². The Morgan fingerprint density at radius 3 is 2.68 bits per heavy atom. The zero-order chi connectivity index (χ0) is 19.8. The Hall–Kier alpha value is -2.32. The van der Waals surface area contributed by atoms with Gasteiger partial charge in [-0.2, -0.15) is 0 Å². The number of nitrogens with zero attached hydrogens (tertiary/aromatic N) is 3. The number of ether oxygens (including phenoxy) is 1. The first-order chi connectivity index (χ1) is 13.4. The molecule has 1 aromatic heterocycles. The van der Waals surface area contributed by atoms with Crippen LogP contribution in [0.3, 0.4) is 0 Å². The molecule has 0 aliphatic carbocycles. The maximum atomic E-state index is 13.5. The van der Waals surface area contributed by atoms with Crippen LogP contribution in [0.2, 0.25) is 0 Å². The smallest absolute Gasteiger partial charge is 0.255 e. The van der Waals surface area contributed by atoms with E-state index in [0.29, 0.717) is 56.2 Å². The SMILES string of the molecule is C[C@H]1CN(c2nc3c(c(=O)[nH]2)CCN(Cc2ccc(F)c(F)c2)C3)C[C@H](C)O1. The van der Waals surface area contributed by atoms with Crippen molar-refractivity contribution in [2.75, 3.05) is 24.5 Å². The third-order valence-corrected chi connectivity index (χ3v) is 5.25. The van der Waals surface area contributed by atoms with Crippen molar-refractivity contribution in [2.45, 2.75) is 45.6 Å². The molecule has 1 N–H and O–H groups in total. The Labute approximate surface area is 162 Å². The number of H-pyrrole nitrogens is 1. The fraction of sp³-hybridized carbons (Fsp3) is 0.500. The van der Waals surface area contributed by atoms with Gasteiger partial charge in [-0.1, -0.05) is 6.07 Å². The molecule has 0 unspecified atom stereocenters. The minimum Gasteiger partial charge on any atom is -0.372 e. The number of hydrogen-bond donors (Lipinski definition) is 1. The van der Waals surface area contributed by atoms with Gasteiger partial charge in [-0.05, 0) is 38.0 Å². The zero-order valence-electron chi connectivity index (χ0n) is 16.0. The van der Waals surface area contributed by atoms with Crippen LogP contribution in [0, 0.1) is 11.6 Å². The van der Waals surface area contributed by atoms with Crippen molar-refractivity contribution in [3.63, 3.8) is 0 Å². The van der Waals surface area contributed by atoms with Crippen molar-refractivity contribution < 1.29 is 13.5 Å². The summed E-state index contributed by atoms with van der Waals surface area (Å²) >= 11 is 0. The average Bonchev–Trinajstić information content (AvgIpc) is 2.63. The lowest BCUT2D eigenvalue weighted by Crippen LogP contribution is -2.47. The van der Waals surface area contributed by atoms with E-state index in [-0.39, 0.29) is 17.8 Å². The van der Waals surface area contributed by atoms with Crippen molar-refractivity contribution >= 4 is 5.95 Å². The third kappa shape index (κ3) is 3.93. The highest BCUT2D eigenvalue weighted by Crippen LogP contribution is 2.21. The standard InChI is InChI=1S/C20H24F2N4O2/c1-12-8-26(9-13(2)28-12)20-23-18-11-25(6-5-15(18)19(27)24-20)10-14-3-4-16(21)17(22)7-14/h3-4,7,12-13H,5-6,8-11H2,1-2H3,(H,23,24,27)/t12-,13-/m0/s1. The largest absolute Gasteiger partial charge is 0.372 e. The van der Waals surface area contributed by atoms with E-state index in [1.807, 2.05) is 13.8 Å². The molecule has 28 heavy (non-hydrogen) atoms. The van der Waals surface area contributed by atoms with Crippen LogP contribution >= 0.6 is 0 Å². The summed E-state index contributed by atoms with van der Waals surface area (Å²) in [4.78, 5) is 24.4. The monoisotopic (exact) mass is 390 g/mol. The van der Waals surface area contributed by atoms with Gasteiger partial charge < -0.3 is 9.64 Å². The van der Waals surface area contributed by atoms with Gasteiger partial charge in [-0.25, -0.2) is 13.8 Å². The van der Waals surface area contributed by atoms with Gasteiger partial charge >= 0.3 is 0 Å². The fourth-order valence-electron chi connectivity index (χ4n) is 4.01. The number of nitrogens with one attached hydrogen (secondary N) is 1. The number of halogens is 2. The molecule has 1 saturated heterocycles. The molecular formula is C20H24F2N4O2. The van der Waals surface area contributed by atoms with Gasteiger partial charge in [-0.3, -0.25) is 14.7 Å². The molecule has 1 fully saturated rings. The predicted molar refractivity (Wildman–Crippen MR) is 101 cm³/mol. The summed E-state index contributed by atoms with van der Waals surface area (Å²) in [6.07, 6.45) is 0.710. The minimum absolute atomic E-state index is 0.0648. The zero-order valence-corrected chi connectivity index (χ0v) is 16.0. The lowest BCUT2D eigenvalue weighted by Gasteiger charge is -2.36. The number of anilines is 1. The van der Waals surface area contributed by atoms with Crippen molar-refractivity contribution in [3.8, 4) is 0 Å². The van der Waals surface area contributed by atoms with E-state index in [1.54, 1.807) is 6.07 Å². The van der Waals surface area contributed by atoms with Crippen LogP contribution in [-0.2, 0) is 24.2 Å². The number of rotatable bonds is 3. The van der Waals surface area contributed by atoms with Crippen molar-refractivity contribution in [2.24, 2.45) is 0 Å². The van der Waals surface area contributed by atoms with Crippen molar-refractivity contribution in [1.29, 1.82) is 0 Å². The molecule has 2 aliphatic rings. The van der Waals surface area contributed by atoms with Crippen LogP contribution in [-0.4, -0.2) is 46.7 Å². The fourth-order valence-corrected chi connectivity index (χ4v) is 4.01. The molecule has 0 amide bonds. The van der Waals surface area contributed by atoms with Gasteiger partial charge in [0, 0.05) is 38.3 Å². The molecular weight excluding hydrogens is 366 g/mol. The Morgan fingerprint density at radius 1 is 1.21 bits per heavy atom. The van der Waals surface area contributed by atoms with E-state index in [0.717, 1.165) is 11.8 Å². The minimum atomic E-state index is -0.848. The van der Waals surface area contributed by atoms with Crippen LogP contribution in [0.15, 0.2) is 23.0 Å². The molecule has 8 heteroatoms. The Bertz CT molecular complexity index is 923. The summed E-state index contributed by atoms with van der Waals surface area (Å²) in [7, 11) is 0. The first kappa shape index (κ1) is 19.0. The third-order valence-electron chi connectivity index (χ3n) is 5.25. The molecule has 2 aliphatic heterocycles. The van der Waals surface area contributed by atoms with E-state index < -0.39 is 11.6 Å². The van der Waals surface area contributed by atoms with Crippen LogP contribution in [0.25, 0.3) is 0 Å². The van der Waals surface area contributed by atoms with E-state index >= 15 is 0 Å². The summed E-state index contributed by atoms with van der Waals surface area (Å²) in [5.74, 6) is -1.12. The average molecular weight is 390 g/mol. The predicted octanol–water partition coefficient (Wildman–Crippen LogP) is 2.22. The molecule has 4 rings (SSSR count). The second-order valence-corrected chi connectivity index (χ2v) is 7.69. The number of hydrogen-bond acceptors (Lipinski definition) is 5. The summed E-state index contributed by atoms with van der Waals surface area (Å²) in [6.45, 7) is 7.00. The molecule has 3 heterocycles. The molecule has 0 radical (unpaired) electrons. The van der Waals surface area contributed by atoms with Gasteiger partial charge in [0.2, 0.25) is 5.95 Å². The van der Waals surface area contributed by atoms with Crippen LogP contribution in [0.4, 0.5) is 14.7 Å². The molecule has 6 nitrogen and oxygen atoms in total. The number of aromatic amines is 1. The first-order valence-corrected chi connectivity index (χ1v) is 9.58. The maximum absolute atomic E-state index is 13.5. The van der Waals surface area contributed by atoms with Crippen molar-refractivity contribution in [1.82, 2.24) is 14.9 Å². The summed E-state index contributed by atoms with van der Waals surface area (Å²) < 4.78 is 32.4. The van der Waals surface area contributed by atoms with Gasteiger partial charge in [0.05, 0.1) is 17.9 Å².